The summed E-state index contributed by atoms with van der Waals surface area (Å²) in [6.07, 6.45) is -1.09. The lowest BCUT2D eigenvalue weighted by Crippen LogP contribution is -2.29. The van der Waals surface area contributed by atoms with E-state index in [9.17, 15) is 13.6 Å². The SMILES string of the molecule is CC(C)c1cnc(C(=O)NCC(F)F)cc1Cl. The lowest BCUT2D eigenvalue weighted by molar-refractivity contribution is 0.0887. The van der Waals surface area contributed by atoms with Crippen molar-refractivity contribution in [3.05, 3.63) is 28.5 Å². The van der Waals surface area contributed by atoms with Crippen molar-refractivity contribution in [3.63, 3.8) is 0 Å². The van der Waals surface area contributed by atoms with E-state index in [0.29, 0.717) is 5.02 Å². The largest absolute Gasteiger partial charge is 0.345 e. The van der Waals surface area contributed by atoms with Crippen LogP contribution in [0.5, 0.6) is 0 Å². The number of pyridine rings is 1. The van der Waals surface area contributed by atoms with Gasteiger partial charge in [-0.25, -0.2) is 8.78 Å². The van der Waals surface area contributed by atoms with Crippen molar-refractivity contribution in [2.24, 2.45) is 0 Å². The monoisotopic (exact) mass is 262 g/mol. The highest BCUT2D eigenvalue weighted by molar-refractivity contribution is 6.31. The second kappa shape index (κ2) is 5.91. The summed E-state index contributed by atoms with van der Waals surface area (Å²) in [5.41, 5.74) is 0.858. The van der Waals surface area contributed by atoms with Crippen LogP contribution in [-0.4, -0.2) is 23.9 Å². The maximum Gasteiger partial charge on any atom is 0.270 e. The van der Waals surface area contributed by atoms with Crippen molar-refractivity contribution in [1.29, 1.82) is 0 Å². The van der Waals surface area contributed by atoms with Gasteiger partial charge in [-0.2, -0.15) is 0 Å². The molecular weight excluding hydrogens is 250 g/mol. The zero-order chi connectivity index (χ0) is 13.0. The van der Waals surface area contributed by atoms with Gasteiger partial charge in [0.05, 0.1) is 6.54 Å². The summed E-state index contributed by atoms with van der Waals surface area (Å²) in [4.78, 5) is 15.3. The molecule has 94 valence electrons. The molecular formula is C11H13ClF2N2O. The second-order valence-corrected chi connectivity index (χ2v) is 4.25. The summed E-state index contributed by atoms with van der Waals surface area (Å²) in [6.45, 7) is 3.20. The molecule has 0 aliphatic rings. The van der Waals surface area contributed by atoms with Crippen molar-refractivity contribution in [1.82, 2.24) is 10.3 Å². The molecule has 1 rings (SSSR count). The van der Waals surface area contributed by atoms with Crippen molar-refractivity contribution in [3.8, 4) is 0 Å². The van der Waals surface area contributed by atoms with Gasteiger partial charge in [0.1, 0.15) is 5.69 Å². The molecule has 3 nitrogen and oxygen atoms in total. The highest BCUT2D eigenvalue weighted by atomic mass is 35.5. The Bertz CT molecular complexity index is 410. The molecule has 0 saturated carbocycles. The van der Waals surface area contributed by atoms with E-state index in [-0.39, 0.29) is 11.6 Å². The number of amides is 1. The fourth-order valence-corrected chi connectivity index (χ4v) is 1.62. The van der Waals surface area contributed by atoms with Gasteiger partial charge in [-0.3, -0.25) is 9.78 Å². The minimum absolute atomic E-state index is 0.0417. The molecule has 1 heterocycles. The first-order valence-corrected chi connectivity index (χ1v) is 5.51. The molecule has 0 unspecified atom stereocenters. The molecule has 0 aromatic carbocycles. The first kappa shape index (κ1) is 13.8. The predicted octanol–water partition coefficient (Wildman–Crippen LogP) is 2.85. The normalized spacial score (nSPS) is 11.0. The predicted molar refractivity (Wildman–Crippen MR) is 61.7 cm³/mol. The number of alkyl halides is 2. The summed E-state index contributed by atoms with van der Waals surface area (Å²) in [5, 5.41) is 2.48. The first-order chi connectivity index (χ1) is 7.91. The van der Waals surface area contributed by atoms with E-state index in [4.69, 9.17) is 11.6 Å². The van der Waals surface area contributed by atoms with Crippen LogP contribution in [0.2, 0.25) is 5.02 Å². The van der Waals surface area contributed by atoms with Gasteiger partial charge < -0.3 is 5.32 Å². The van der Waals surface area contributed by atoms with Crippen molar-refractivity contribution < 1.29 is 13.6 Å². The average Bonchev–Trinajstić information content (AvgIpc) is 2.25. The third-order valence-corrected chi connectivity index (χ3v) is 2.48. The minimum atomic E-state index is -2.58. The van der Waals surface area contributed by atoms with Crippen molar-refractivity contribution in [2.75, 3.05) is 6.54 Å². The smallest absolute Gasteiger partial charge is 0.270 e. The van der Waals surface area contributed by atoms with Crippen LogP contribution in [0.1, 0.15) is 35.8 Å². The molecule has 0 aliphatic heterocycles. The summed E-state index contributed by atoms with van der Waals surface area (Å²) in [7, 11) is 0. The maximum absolute atomic E-state index is 11.9. The standard InChI is InChI=1S/C11H13ClF2N2O/c1-6(2)7-4-15-9(3-8(7)12)11(17)16-5-10(13)14/h3-4,6,10H,5H2,1-2H3,(H,16,17). The highest BCUT2D eigenvalue weighted by Gasteiger charge is 2.13. The summed E-state index contributed by atoms with van der Waals surface area (Å²) < 4.78 is 23.8. The molecule has 0 bridgehead atoms. The van der Waals surface area contributed by atoms with Gasteiger partial charge in [-0.1, -0.05) is 25.4 Å². The number of carbonyl (C=O) groups is 1. The number of hydrogen-bond acceptors (Lipinski definition) is 2. The maximum atomic E-state index is 11.9. The number of halogens is 3. The van der Waals surface area contributed by atoms with Crippen molar-refractivity contribution >= 4 is 17.5 Å². The van der Waals surface area contributed by atoms with Crippen molar-refractivity contribution in [2.45, 2.75) is 26.2 Å². The van der Waals surface area contributed by atoms with E-state index in [1.807, 2.05) is 13.8 Å². The molecule has 1 N–H and O–H groups in total. The molecule has 0 fully saturated rings. The Kier molecular flexibility index (Phi) is 4.81. The minimum Gasteiger partial charge on any atom is -0.345 e. The van der Waals surface area contributed by atoms with E-state index in [0.717, 1.165) is 5.56 Å². The number of rotatable bonds is 4. The number of nitrogens with one attached hydrogen (secondary N) is 1. The average molecular weight is 263 g/mol. The van der Waals surface area contributed by atoms with Crippen LogP contribution in [-0.2, 0) is 0 Å². The summed E-state index contributed by atoms with van der Waals surface area (Å²) in [5.74, 6) is -0.462. The van der Waals surface area contributed by atoms with Crippen LogP contribution < -0.4 is 5.32 Å². The van der Waals surface area contributed by atoms with Gasteiger partial charge in [0.2, 0.25) is 0 Å². The highest BCUT2D eigenvalue weighted by Crippen LogP contribution is 2.23. The second-order valence-electron chi connectivity index (χ2n) is 3.85. The number of hydrogen-bond donors (Lipinski definition) is 1. The molecule has 0 atom stereocenters. The van der Waals surface area contributed by atoms with Gasteiger partial charge in [0.15, 0.2) is 0 Å². The first-order valence-electron chi connectivity index (χ1n) is 5.13. The lowest BCUT2D eigenvalue weighted by Gasteiger charge is -2.09. The molecule has 1 amide bonds. The molecule has 0 radical (unpaired) electrons. The van der Waals surface area contributed by atoms with Crippen LogP contribution in [0.4, 0.5) is 8.78 Å². The Morgan fingerprint density at radius 3 is 2.65 bits per heavy atom. The Hall–Kier alpha value is -1.23. The number of carbonyl (C=O) groups excluding carboxylic acids is 1. The topological polar surface area (TPSA) is 42.0 Å². The zero-order valence-electron chi connectivity index (χ0n) is 9.51. The van der Waals surface area contributed by atoms with Gasteiger partial charge in [0.25, 0.3) is 12.3 Å². The number of nitrogens with zero attached hydrogens (tertiary/aromatic N) is 1. The van der Waals surface area contributed by atoms with Gasteiger partial charge in [-0.15, -0.1) is 0 Å². The van der Waals surface area contributed by atoms with Gasteiger partial charge in [0, 0.05) is 11.2 Å². The van der Waals surface area contributed by atoms with E-state index in [1.165, 1.54) is 12.3 Å². The van der Waals surface area contributed by atoms with Crippen LogP contribution in [0.15, 0.2) is 12.3 Å². The van der Waals surface area contributed by atoms with Gasteiger partial charge in [-0.05, 0) is 17.5 Å². The quantitative estimate of drug-likeness (QED) is 0.907. The third kappa shape index (κ3) is 3.93. The molecule has 0 spiro atoms. The summed E-state index contributed by atoms with van der Waals surface area (Å²) in [6, 6.07) is 1.39. The molecule has 1 aromatic heterocycles. The summed E-state index contributed by atoms with van der Waals surface area (Å²) >= 11 is 5.96. The van der Waals surface area contributed by atoms with E-state index >= 15 is 0 Å². The number of aromatic nitrogens is 1. The molecule has 0 aliphatic carbocycles. The third-order valence-electron chi connectivity index (χ3n) is 2.15. The van der Waals surface area contributed by atoms with E-state index in [1.54, 1.807) is 0 Å². The molecule has 0 saturated heterocycles. The Morgan fingerprint density at radius 1 is 1.53 bits per heavy atom. The van der Waals surface area contributed by atoms with E-state index < -0.39 is 18.9 Å². The van der Waals surface area contributed by atoms with Crippen LogP contribution in [0.25, 0.3) is 0 Å². The van der Waals surface area contributed by atoms with Gasteiger partial charge >= 0.3 is 0 Å². The fourth-order valence-electron chi connectivity index (χ4n) is 1.25. The van der Waals surface area contributed by atoms with Crippen LogP contribution in [0.3, 0.4) is 0 Å². The Morgan fingerprint density at radius 2 is 2.18 bits per heavy atom. The van der Waals surface area contributed by atoms with Crippen LogP contribution >= 0.6 is 11.6 Å². The van der Waals surface area contributed by atoms with Crippen LogP contribution in [0, 0.1) is 0 Å². The molecule has 17 heavy (non-hydrogen) atoms. The molecule has 6 heteroatoms. The Labute approximate surface area is 103 Å². The Balaban J connectivity index is 2.79. The fraction of sp³-hybridized carbons (Fsp3) is 0.455. The van der Waals surface area contributed by atoms with E-state index in [2.05, 4.69) is 10.3 Å². The lowest BCUT2D eigenvalue weighted by atomic mass is 10.1. The zero-order valence-corrected chi connectivity index (χ0v) is 10.3. The molecule has 1 aromatic rings.